The Morgan fingerprint density at radius 1 is 1.12 bits per heavy atom. The van der Waals surface area contributed by atoms with Gasteiger partial charge in [-0.3, -0.25) is 19.3 Å². The van der Waals surface area contributed by atoms with Crippen LogP contribution in [-0.2, 0) is 20.9 Å². The van der Waals surface area contributed by atoms with E-state index in [1.165, 1.54) is 0 Å². The Bertz CT molecular complexity index is 730. The van der Waals surface area contributed by atoms with Gasteiger partial charge in [-0.25, -0.2) is 0 Å². The number of imide groups is 1. The van der Waals surface area contributed by atoms with Gasteiger partial charge in [-0.2, -0.15) is 0 Å². The molecule has 124 valence electrons. The molecule has 1 aliphatic heterocycles. The predicted molar refractivity (Wildman–Crippen MR) is 87.7 cm³/mol. The van der Waals surface area contributed by atoms with Gasteiger partial charge in [-0.15, -0.1) is 0 Å². The summed E-state index contributed by atoms with van der Waals surface area (Å²) in [5.74, 6) is -0.950. The van der Waals surface area contributed by atoms with E-state index in [-0.39, 0.29) is 54.5 Å². The molecule has 1 heterocycles. The summed E-state index contributed by atoms with van der Waals surface area (Å²) in [5.41, 5.74) is 0.797. The number of likely N-dealkylation sites (tertiary alicyclic amines) is 1. The van der Waals surface area contributed by atoms with E-state index in [2.05, 4.69) is 5.32 Å². The predicted octanol–water partition coefficient (Wildman–Crippen LogP) is 1.76. The van der Waals surface area contributed by atoms with Crippen molar-refractivity contribution in [3.05, 3.63) is 47.0 Å². The lowest BCUT2D eigenvalue weighted by molar-refractivity contribution is -0.144. The highest BCUT2D eigenvalue weighted by atomic mass is 35.5. The number of amides is 3. The molecule has 0 spiro atoms. The van der Waals surface area contributed by atoms with Crippen LogP contribution in [0.25, 0.3) is 0 Å². The van der Waals surface area contributed by atoms with Crippen molar-refractivity contribution in [1.29, 1.82) is 0 Å². The summed E-state index contributed by atoms with van der Waals surface area (Å²) in [6, 6.07) is 7.23. The fourth-order valence-electron chi connectivity index (χ4n) is 4.15. The lowest BCUT2D eigenvalue weighted by Crippen LogP contribution is -2.41. The smallest absolute Gasteiger partial charge is 0.240 e. The molecular formula is C18H17ClN2O3. The molecule has 5 nitrogen and oxygen atoms in total. The molecule has 6 heteroatoms. The molecule has 1 aromatic carbocycles. The number of nitrogens with one attached hydrogen (secondary N) is 1. The summed E-state index contributed by atoms with van der Waals surface area (Å²) in [4.78, 5) is 38.3. The number of halogens is 1. The Kier molecular flexibility index (Phi) is 3.68. The van der Waals surface area contributed by atoms with Gasteiger partial charge >= 0.3 is 0 Å². The van der Waals surface area contributed by atoms with E-state index in [4.69, 9.17) is 11.6 Å². The summed E-state index contributed by atoms with van der Waals surface area (Å²) >= 11 is 6.05. The number of carbonyl (C=O) groups is 3. The summed E-state index contributed by atoms with van der Waals surface area (Å²) in [7, 11) is 0. The monoisotopic (exact) mass is 344 g/mol. The minimum absolute atomic E-state index is 0.160. The van der Waals surface area contributed by atoms with Crippen LogP contribution >= 0.6 is 11.6 Å². The van der Waals surface area contributed by atoms with Crippen molar-refractivity contribution in [1.82, 2.24) is 10.2 Å². The minimum atomic E-state index is -0.350. The first-order chi connectivity index (χ1) is 11.6. The van der Waals surface area contributed by atoms with E-state index in [1.807, 2.05) is 30.4 Å². The first kappa shape index (κ1) is 15.4. The number of fused-ring (bicyclic) bond motifs is 5. The first-order valence-corrected chi connectivity index (χ1v) is 8.47. The molecule has 2 aliphatic carbocycles. The summed E-state index contributed by atoms with van der Waals surface area (Å²) < 4.78 is 0. The highest BCUT2D eigenvalue weighted by molar-refractivity contribution is 6.31. The molecule has 2 bridgehead atoms. The molecule has 1 N–H and O–H groups in total. The molecule has 3 aliphatic rings. The summed E-state index contributed by atoms with van der Waals surface area (Å²) in [5, 5.41) is 3.30. The van der Waals surface area contributed by atoms with Crippen LogP contribution in [0.1, 0.15) is 12.0 Å². The van der Waals surface area contributed by atoms with E-state index in [0.29, 0.717) is 5.02 Å². The molecule has 4 rings (SSSR count). The van der Waals surface area contributed by atoms with E-state index in [1.54, 1.807) is 6.07 Å². The maximum Gasteiger partial charge on any atom is 0.240 e. The number of allylic oxidation sites excluding steroid dienone is 2. The van der Waals surface area contributed by atoms with Crippen LogP contribution in [0.4, 0.5) is 0 Å². The van der Waals surface area contributed by atoms with Crippen LogP contribution in [-0.4, -0.2) is 29.2 Å². The van der Waals surface area contributed by atoms with Gasteiger partial charge in [0, 0.05) is 11.6 Å². The molecule has 0 radical (unpaired) electrons. The van der Waals surface area contributed by atoms with Gasteiger partial charge in [0.15, 0.2) is 0 Å². The Morgan fingerprint density at radius 3 is 2.38 bits per heavy atom. The van der Waals surface area contributed by atoms with Gasteiger partial charge in [-0.1, -0.05) is 42.0 Å². The van der Waals surface area contributed by atoms with Crippen LogP contribution in [0.5, 0.6) is 0 Å². The quantitative estimate of drug-likeness (QED) is 0.668. The second-order valence-corrected chi connectivity index (χ2v) is 7.04. The third kappa shape index (κ3) is 2.35. The van der Waals surface area contributed by atoms with E-state index in [0.717, 1.165) is 16.9 Å². The number of hydrogen-bond acceptors (Lipinski definition) is 3. The third-order valence-corrected chi connectivity index (χ3v) is 5.67. The van der Waals surface area contributed by atoms with Gasteiger partial charge in [-0.05, 0) is 29.9 Å². The van der Waals surface area contributed by atoms with Crippen molar-refractivity contribution in [2.24, 2.45) is 23.7 Å². The number of carbonyl (C=O) groups excluding carboxylic acids is 3. The highest BCUT2D eigenvalue weighted by Gasteiger charge is 2.59. The fraction of sp³-hybridized carbons (Fsp3) is 0.389. The average molecular weight is 345 g/mol. The van der Waals surface area contributed by atoms with Gasteiger partial charge in [0.05, 0.1) is 11.8 Å². The van der Waals surface area contributed by atoms with E-state index in [9.17, 15) is 14.4 Å². The van der Waals surface area contributed by atoms with Gasteiger partial charge in [0.2, 0.25) is 17.7 Å². The summed E-state index contributed by atoms with van der Waals surface area (Å²) in [6.07, 6.45) is 4.97. The number of rotatable bonds is 4. The zero-order valence-corrected chi connectivity index (χ0v) is 13.7. The topological polar surface area (TPSA) is 66.5 Å². The van der Waals surface area contributed by atoms with E-state index < -0.39 is 0 Å². The Balaban J connectivity index is 1.39. The molecule has 1 aromatic rings. The molecule has 3 amide bonds. The molecule has 0 unspecified atom stereocenters. The Morgan fingerprint density at radius 2 is 1.75 bits per heavy atom. The van der Waals surface area contributed by atoms with E-state index >= 15 is 0 Å². The zero-order valence-electron chi connectivity index (χ0n) is 12.9. The Labute approximate surface area is 144 Å². The van der Waals surface area contributed by atoms with Crippen molar-refractivity contribution in [3.63, 3.8) is 0 Å². The third-order valence-electron chi connectivity index (χ3n) is 5.30. The van der Waals surface area contributed by atoms with Gasteiger partial charge in [0.1, 0.15) is 6.54 Å². The fourth-order valence-corrected chi connectivity index (χ4v) is 4.36. The molecular weight excluding hydrogens is 328 g/mol. The minimum Gasteiger partial charge on any atom is -0.350 e. The SMILES string of the molecule is O=C(CN1C(=O)[C@H]2[C@H](C1=O)[C@H]1C=C[C@H]2C1)NCc1ccccc1Cl. The number of hydrogen-bond donors (Lipinski definition) is 1. The molecule has 0 aromatic heterocycles. The van der Waals surface area contributed by atoms with Crippen LogP contribution in [0.2, 0.25) is 5.02 Å². The highest BCUT2D eigenvalue weighted by Crippen LogP contribution is 2.52. The van der Waals surface area contributed by atoms with Crippen molar-refractivity contribution >= 4 is 29.3 Å². The molecule has 1 saturated heterocycles. The zero-order chi connectivity index (χ0) is 16.8. The maximum absolute atomic E-state index is 12.5. The molecule has 24 heavy (non-hydrogen) atoms. The van der Waals surface area contributed by atoms with Crippen LogP contribution in [0.15, 0.2) is 36.4 Å². The van der Waals surface area contributed by atoms with Crippen molar-refractivity contribution in [3.8, 4) is 0 Å². The maximum atomic E-state index is 12.5. The largest absolute Gasteiger partial charge is 0.350 e. The second kappa shape index (κ2) is 5.74. The number of benzene rings is 1. The lowest BCUT2D eigenvalue weighted by atomic mass is 9.85. The second-order valence-electron chi connectivity index (χ2n) is 6.63. The standard InChI is InChI=1S/C18H17ClN2O3/c19-13-4-2-1-3-12(13)8-20-14(22)9-21-17(23)15-10-5-6-11(7-10)16(15)18(21)24/h1-6,10-11,15-16H,7-9H2,(H,20,22)/t10-,11-,15+,16+/m0/s1. The molecule has 1 saturated carbocycles. The van der Waals surface area contributed by atoms with Crippen LogP contribution in [0.3, 0.4) is 0 Å². The first-order valence-electron chi connectivity index (χ1n) is 8.10. The molecule has 4 atom stereocenters. The van der Waals surface area contributed by atoms with Crippen LogP contribution < -0.4 is 5.32 Å². The van der Waals surface area contributed by atoms with Crippen molar-refractivity contribution in [2.75, 3.05) is 6.54 Å². The number of nitrogens with zero attached hydrogens (tertiary/aromatic N) is 1. The van der Waals surface area contributed by atoms with Gasteiger partial charge < -0.3 is 5.32 Å². The van der Waals surface area contributed by atoms with Gasteiger partial charge in [0.25, 0.3) is 0 Å². The summed E-state index contributed by atoms with van der Waals surface area (Å²) in [6.45, 7) is 0.0585. The van der Waals surface area contributed by atoms with Crippen molar-refractivity contribution in [2.45, 2.75) is 13.0 Å². The average Bonchev–Trinajstić information content (AvgIpc) is 3.24. The Hall–Kier alpha value is -2.14. The molecule has 2 fully saturated rings. The van der Waals surface area contributed by atoms with Crippen molar-refractivity contribution < 1.29 is 14.4 Å². The van der Waals surface area contributed by atoms with Crippen LogP contribution in [0, 0.1) is 23.7 Å². The normalized spacial score (nSPS) is 30.1. The lowest BCUT2D eigenvalue weighted by Gasteiger charge is -2.17.